The van der Waals surface area contributed by atoms with Gasteiger partial charge in [0.2, 0.25) is 11.7 Å². The van der Waals surface area contributed by atoms with Crippen LogP contribution in [0.4, 0.5) is 5.69 Å². The number of aromatic nitrogens is 4. The van der Waals surface area contributed by atoms with Gasteiger partial charge in [0.05, 0.1) is 11.9 Å². The van der Waals surface area contributed by atoms with Gasteiger partial charge >= 0.3 is 0 Å². The molecule has 0 bridgehead atoms. The lowest BCUT2D eigenvalue weighted by atomic mass is 10.1. The summed E-state index contributed by atoms with van der Waals surface area (Å²) in [7, 11) is 0. The first kappa shape index (κ1) is 17.7. The number of imidazole rings is 1. The van der Waals surface area contributed by atoms with E-state index in [0.717, 1.165) is 29.1 Å². The number of benzene rings is 2. The van der Waals surface area contributed by atoms with E-state index in [1.54, 1.807) is 12.4 Å². The molecule has 0 spiro atoms. The van der Waals surface area contributed by atoms with Crippen molar-refractivity contribution in [2.45, 2.75) is 19.9 Å². The molecule has 0 saturated carbocycles. The van der Waals surface area contributed by atoms with Crippen molar-refractivity contribution in [1.82, 2.24) is 19.7 Å². The van der Waals surface area contributed by atoms with Crippen molar-refractivity contribution in [2.75, 3.05) is 5.43 Å². The van der Waals surface area contributed by atoms with Crippen LogP contribution in [0.5, 0.6) is 0 Å². The van der Waals surface area contributed by atoms with Gasteiger partial charge in [-0.2, -0.15) is 10.1 Å². The van der Waals surface area contributed by atoms with Gasteiger partial charge in [-0.3, -0.25) is 5.43 Å². The van der Waals surface area contributed by atoms with Crippen molar-refractivity contribution in [2.24, 2.45) is 5.10 Å². The van der Waals surface area contributed by atoms with E-state index in [-0.39, 0.29) is 0 Å². The van der Waals surface area contributed by atoms with E-state index in [2.05, 4.69) is 32.6 Å². The highest BCUT2D eigenvalue weighted by molar-refractivity contribution is 5.82. The van der Waals surface area contributed by atoms with E-state index >= 15 is 0 Å². The number of para-hydroxylation sites is 1. The maximum absolute atomic E-state index is 5.42. The fourth-order valence-corrected chi connectivity index (χ4v) is 2.83. The molecule has 2 aromatic carbocycles. The fraction of sp³-hybridized carbons (Fsp3) is 0.143. The van der Waals surface area contributed by atoms with Crippen LogP contribution < -0.4 is 5.43 Å². The number of hydrazone groups is 1. The quantitative estimate of drug-likeness (QED) is 0.392. The second-order valence-corrected chi connectivity index (χ2v) is 6.20. The monoisotopic (exact) mass is 372 g/mol. The van der Waals surface area contributed by atoms with Gasteiger partial charge in [0.15, 0.2) is 0 Å². The fourth-order valence-electron chi connectivity index (χ4n) is 2.83. The van der Waals surface area contributed by atoms with Crippen LogP contribution in [0.15, 0.2) is 76.6 Å². The average molecular weight is 372 g/mol. The number of rotatable bonds is 7. The summed E-state index contributed by atoms with van der Waals surface area (Å²) in [6.07, 6.45) is 6.31. The van der Waals surface area contributed by atoms with E-state index in [1.165, 1.54) is 0 Å². The Bertz CT molecular complexity index is 1070. The molecule has 0 fully saturated rings. The molecule has 28 heavy (non-hydrogen) atoms. The summed E-state index contributed by atoms with van der Waals surface area (Å²) in [6, 6.07) is 17.6. The maximum atomic E-state index is 5.42. The second-order valence-electron chi connectivity index (χ2n) is 6.20. The van der Waals surface area contributed by atoms with Gasteiger partial charge in [-0.25, -0.2) is 4.98 Å². The Morgan fingerprint density at radius 1 is 1.14 bits per heavy atom. The number of nitrogens with zero attached hydrogens (tertiary/aromatic N) is 5. The molecule has 0 radical (unpaired) electrons. The third-order valence-electron chi connectivity index (χ3n) is 4.22. The van der Waals surface area contributed by atoms with Gasteiger partial charge in [-0.15, -0.1) is 0 Å². The van der Waals surface area contributed by atoms with Crippen molar-refractivity contribution >= 4 is 11.9 Å². The first-order valence-corrected chi connectivity index (χ1v) is 9.09. The van der Waals surface area contributed by atoms with Crippen LogP contribution >= 0.6 is 0 Å². The standard InChI is InChI=1S/C21H20N6O/c1-2-19-22-11-12-27(19)15-20-24-21(26-28-20)17-8-6-7-16(13-17)14-23-25-18-9-4-3-5-10-18/h3-14,25H,2,15H2,1H3. The third kappa shape index (κ3) is 4.15. The Labute approximate surface area is 162 Å². The molecule has 0 saturated heterocycles. The minimum atomic E-state index is 0.512. The van der Waals surface area contributed by atoms with Gasteiger partial charge in [0, 0.05) is 24.4 Å². The molecule has 0 atom stereocenters. The van der Waals surface area contributed by atoms with Gasteiger partial charge in [-0.05, 0) is 23.8 Å². The highest BCUT2D eigenvalue weighted by Crippen LogP contribution is 2.17. The first-order valence-electron chi connectivity index (χ1n) is 9.09. The molecule has 7 nitrogen and oxygen atoms in total. The van der Waals surface area contributed by atoms with Crippen LogP contribution in [-0.4, -0.2) is 25.9 Å². The van der Waals surface area contributed by atoms with Crippen molar-refractivity contribution in [3.05, 3.63) is 84.3 Å². The zero-order chi connectivity index (χ0) is 19.2. The maximum Gasteiger partial charge on any atom is 0.246 e. The Morgan fingerprint density at radius 2 is 2.04 bits per heavy atom. The van der Waals surface area contributed by atoms with Crippen LogP contribution in [-0.2, 0) is 13.0 Å². The molecular formula is C21H20N6O. The van der Waals surface area contributed by atoms with Crippen molar-refractivity contribution in [3.8, 4) is 11.4 Å². The van der Waals surface area contributed by atoms with Crippen molar-refractivity contribution in [1.29, 1.82) is 0 Å². The van der Waals surface area contributed by atoms with Crippen LogP contribution in [0.3, 0.4) is 0 Å². The molecular weight excluding hydrogens is 352 g/mol. The Hall–Kier alpha value is -3.74. The van der Waals surface area contributed by atoms with Crippen molar-refractivity contribution < 1.29 is 4.52 Å². The third-order valence-corrected chi connectivity index (χ3v) is 4.22. The predicted octanol–water partition coefficient (Wildman–Crippen LogP) is 3.99. The minimum absolute atomic E-state index is 0.512. The number of nitrogens with one attached hydrogen (secondary N) is 1. The second kappa shape index (κ2) is 8.30. The van der Waals surface area contributed by atoms with E-state index in [9.17, 15) is 0 Å². The molecule has 7 heteroatoms. The largest absolute Gasteiger partial charge is 0.337 e. The van der Waals surface area contributed by atoms with Gasteiger partial charge in [0.25, 0.3) is 0 Å². The first-order chi connectivity index (χ1) is 13.8. The number of hydrogen-bond acceptors (Lipinski definition) is 6. The average Bonchev–Trinajstić information content (AvgIpc) is 3.39. The summed E-state index contributed by atoms with van der Waals surface area (Å²) in [6.45, 7) is 2.58. The van der Waals surface area contributed by atoms with E-state index in [1.807, 2.05) is 65.4 Å². The number of anilines is 1. The molecule has 2 heterocycles. The molecule has 140 valence electrons. The molecule has 0 aliphatic heterocycles. The normalized spacial score (nSPS) is 11.2. The van der Waals surface area contributed by atoms with Crippen LogP contribution in [0.1, 0.15) is 24.2 Å². The van der Waals surface area contributed by atoms with Gasteiger partial charge < -0.3 is 9.09 Å². The molecule has 0 aliphatic rings. The number of hydrogen-bond donors (Lipinski definition) is 1. The Balaban J connectivity index is 1.46. The van der Waals surface area contributed by atoms with Crippen LogP contribution in [0.25, 0.3) is 11.4 Å². The van der Waals surface area contributed by atoms with Crippen LogP contribution in [0, 0.1) is 0 Å². The molecule has 4 aromatic rings. The van der Waals surface area contributed by atoms with E-state index in [0.29, 0.717) is 18.3 Å². The molecule has 0 amide bonds. The lowest BCUT2D eigenvalue weighted by Gasteiger charge is -2.01. The lowest BCUT2D eigenvalue weighted by molar-refractivity contribution is 0.370. The molecule has 4 rings (SSSR count). The zero-order valence-electron chi connectivity index (χ0n) is 15.5. The molecule has 0 aliphatic carbocycles. The zero-order valence-corrected chi connectivity index (χ0v) is 15.5. The Kier molecular flexibility index (Phi) is 5.24. The summed E-state index contributed by atoms with van der Waals surface area (Å²) in [5.41, 5.74) is 5.75. The Morgan fingerprint density at radius 3 is 2.89 bits per heavy atom. The summed E-state index contributed by atoms with van der Waals surface area (Å²) in [5.74, 6) is 2.09. The minimum Gasteiger partial charge on any atom is -0.337 e. The highest BCUT2D eigenvalue weighted by Gasteiger charge is 2.11. The molecule has 2 aromatic heterocycles. The topological polar surface area (TPSA) is 81.1 Å². The summed E-state index contributed by atoms with van der Waals surface area (Å²) >= 11 is 0. The molecule has 1 N–H and O–H groups in total. The summed E-state index contributed by atoms with van der Waals surface area (Å²) in [4.78, 5) is 8.82. The number of aryl methyl sites for hydroxylation is 1. The smallest absolute Gasteiger partial charge is 0.246 e. The van der Waals surface area contributed by atoms with Crippen LogP contribution in [0.2, 0.25) is 0 Å². The SMILES string of the molecule is CCc1nccn1Cc1nc(-c2cccc(C=NNc3ccccc3)c2)no1. The van der Waals surface area contributed by atoms with Gasteiger partial charge in [-0.1, -0.05) is 48.5 Å². The predicted molar refractivity (Wildman–Crippen MR) is 108 cm³/mol. The summed E-state index contributed by atoms with van der Waals surface area (Å²) in [5, 5.41) is 8.38. The van der Waals surface area contributed by atoms with Gasteiger partial charge in [0.1, 0.15) is 12.4 Å². The van der Waals surface area contributed by atoms with E-state index in [4.69, 9.17) is 4.52 Å². The lowest BCUT2D eigenvalue weighted by Crippen LogP contribution is -2.03. The molecule has 0 unspecified atom stereocenters. The van der Waals surface area contributed by atoms with Crippen molar-refractivity contribution in [3.63, 3.8) is 0 Å². The summed E-state index contributed by atoms with van der Waals surface area (Å²) < 4.78 is 7.42. The van der Waals surface area contributed by atoms with E-state index < -0.39 is 0 Å². The highest BCUT2D eigenvalue weighted by atomic mass is 16.5.